The van der Waals surface area contributed by atoms with Gasteiger partial charge in [0.05, 0.1) is 4.91 Å². The Labute approximate surface area is 166 Å². The number of carbonyl (C=O) groups excluding carboxylic acids is 2. The van der Waals surface area contributed by atoms with Gasteiger partial charge in [0.15, 0.2) is 0 Å². The van der Waals surface area contributed by atoms with E-state index in [0.29, 0.717) is 27.2 Å². The first kappa shape index (κ1) is 19.2. The molecule has 1 fully saturated rings. The van der Waals surface area contributed by atoms with E-state index in [1.807, 2.05) is 44.2 Å². The van der Waals surface area contributed by atoms with Crippen molar-refractivity contribution in [1.29, 1.82) is 0 Å². The lowest BCUT2D eigenvalue weighted by Crippen LogP contribution is -2.31. The van der Waals surface area contributed by atoms with Crippen molar-refractivity contribution in [2.75, 3.05) is 11.9 Å². The lowest BCUT2D eigenvalue weighted by atomic mass is 10.1. The zero-order valence-electron chi connectivity index (χ0n) is 14.9. The molecule has 3 rings (SSSR count). The third kappa shape index (κ3) is 4.61. The fraction of sp³-hybridized carbons (Fsp3) is 0.278. The van der Waals surface area contributed by atoms with E-state index < -0.39 is 0 Å². The summed E-state index contributed by atoms with van der Waals surface area (Å²) in [5.41, 5.74) is 2.67. The molecule has 1 aromatic heterocycles. The zero-order valence-corrected chi connectivity index (χ0v) is 16.5. The van der Waals surface area contributed by atoms with Gasteiger partial charge in [-0.15, -0.1) is 0 Å². The predicted molar refractivity (Wildman–Crippen MR) is 108 cm³/mol. The van der Waals surface area contributed by atoms with Crippen LogP contribution in [-0.4, -0.2) is 37.9 Å². The normalized spacial score (nSPS) is 15.6. The first-order valence-corrected chi connectivity index (χ1v) is 9.63. The van der Waals surface area contributed by atoms with Crippen LogP contribution in [0.2, 0.25) is 0 Å². The Kier molecular flexibility index (Phi) is 6.02. The maximum absolute atomic E-state index is 12.6. The van der Waals surface area contributed by atoms with E-state index in [2.05, 4.69) is 20.3 Å². The van der Waals surface area contributed by atoms with Crippen LogP contribution in [0.3, 0.4) is 0 Å². The Morgan fingerprint density at radius 1 is 1.33 bits per heavy atom. The quantitative estimate of drug-likeness (QED) is 0.586. The van der Waals surface area contributed by atoms with Crippen LogP contribution in [0.1, 0.15) is 30.2 Å². The number of aryl methyl sites for hydroxylation is 2. The van der Waals surface area contributed by atoms with Crippen LogP contribution in [0.5, 0.6) is 0 Å². The molecule has 140 valence electrons. The molecular weight excluding hydrogens is 384 g/mol. The number of nitrogens with zero attached hydrogens (tertiary/aromatic N) is 3. The van der Waals surface area contributed by atoms with Crippen molar-refractivity contribution in [2.45, 2.75) is 26.7 Å². The summed E-state index contributed by atoms with van der Waals surface area (Å²) in [4.78, 5) is 26.7. The zero-order chi connectivity index (χ0) is 19.4. The molecule has 1 aliphatic rings. The first-order valence-electron chi connectivity index (χ1n) is 8.41. The molecule has 1 aliphatic heterocycles. The molecule has 7 nitrogen and oxygen atoms in total. The first-order chi connectivity index (χ1) is 13.0. The van der Waals surface area contributed by atoms with Gasteiger partial charge in [0.2, 0.25) is 11.7 Å². The van der Waals surface area contributed by atoms with Gasteiger partial charge < -0.3 is 5.32 Å². The van der Waals surface area contributed by atoms with Gasteiger partial charge in [-0.3, -0.25) is 14.5 Å². The maximum atomic E-state index is 12.6. The number of anilines is 1. The van der Waals surface area contributed by atoms with E-state index in [-0.39, 0.29) is 24.8 Å². The van der Waals surface area contributed by atoms with E-state index in [0.717, 1.165) is 11.1 Å². The average molecular weight is 403 g/mol. The predicted octanol–water partition coefficient (Wildman–Crippen LogP) is 3.17. The number of benzene rings is 1. The van der Waals surface area contributed by atoms with Crippen LogP contribution in [0.4, 0.5) is 5.82 Å². The number of amides is 2. The number of thioether (sulfide) groups is 1. The van der Waals surface area contributed by atoms with Crippen LogP contribution >= 0.6 is 24.0 Å². The lowest BCUT2D eigenvalue weighted by molar-refractivity contribution is -0.122. The molecule has 0 bridgehead atoms. The minimum atomic E-state index is -0.281. The standard InChI is InChI=1S/C18H18N4O3S2/c1-3-13-16(21-25-20-13)19-15(23)8-9-22-17(24)14(27-18(22)26)10-12-6-4-11(2)5-7-12/h4-7,10H,3,8-9H2,1-2H3,(H,19,21,23)/b14-10-. The molecule has 0 unspecified atom stereocenters. The minimum Gasteiger partial charge on any atom is -0.306 e. The molecule has 0 radical (unpaired) electrons. The summed E-state index contributed by atoms with van der Waals surface area (Å²) in [5.74, 6) is -0.153. The summed E-state index contributed by atoms with van der Waals surface area (Å²) in [5, 5.41) is 10.0. The van der Waals surface area contributed by atoms with Crippen molar-refractivity contribution >= 4 is 52.0 Å². The van der Waals surface area contributed by atoms with Crippen LogP contribution in [0.25, 0.3) is 6.08 Å². The number of hydrogen-bond donors (Lipinski definition) is 1. The SMILES string of the molecule is CCc1nonc1NC(=O)CCN1C(=O)/C(=C/c2ccc(C)cc2)SC1=S. The molecule has 2 aromatic rings. The summed E-state index contributed by atoms with van der Waals surface area (Å²) in [7, 11) is 0. The number of nitrogens with one attached hydrogen (secondary N) is 1. The van der Waals surface area contributed by atoms with E-state index in [9.17, 15) is 9.59 Å². The summed E-state index contributed by atoms with van der Waals surface area (Å²) >= 11 is 6.54. The number of thiocarbonyl (C=S) groups is 1. The van der Waals surface area contributed by atoms with Gasteiger partial charge in [0.25, 0.3) is 5.91 Å². The van der Waals surface area contributed by atoms with Gasteiger partial charge in [-0.25, -0.2) is 4.63 Å². The number of aromatic nitrogens is 2. The van der Waals surface area contributed by atoms with Gasteiger partial charge in [0, 0.05) is 13.0 Å². The highest BCUT2D eigenvalue weighted by atomic mass is 32.2. The van der Waals surface area contributed by atoms with Gasteiger partial charge in [-0.2, -0.15) is 0 Å². The van der Waals surface area contributed by atoms with Crippen molar-refractivity contribution in [2.24, 2.45) is 0 Å². The molecular formula is C18H18N4O3S2. The fourth-order valence-corrected chi connectivity index (χ4v) is 3.76. The second-order valence-corrected chi connectivity index (χ2v) is 7.63. The van der Waals surface area contributed by atoms with Crippen molar-refractivity contribution in [3.8, 4) is 0 Å². The number of carbonyl (C=O) groups is 2. The molecule has 1 saturated heterocycles. The second-order valence-electron chi connectivity index (χ2n) is 5.96. The molecule has 1 aromatic carbocycles. The van der Waals surface area contributed by atoms with Crippen LogP contribution < -0.4 is 5.32 Å². The van der Waals surface area contributed by atoms with Crippen molar-refractivity contribution < 1.29 is 14.2 Å². The summed E-state index contributed by atoms with van der Waals surface area (Å²) in [6, 6.07) is 7.87. The van der Waals surface area contributed by atoms with Gasteiger partial charge >= 0.3 is 0 Å². The highest BCUT2D eigenvalue weighted by Gasteiger charge is 2.32. The van der Waals surface area contributed by atoms with Crippen LogP contribution in [0, 0.1) is 6.92 Å². The second kappa shape index (κ2) is 8.45. The molecule has 0 saturated carbocycles. The average Bonchev–Trinajstić information content (AvgIpc) is 3.19. The molecule has 2 amide bonds. The van der Waals surface area contributed by atoms with E-state index in [1.54, 1.807) is 0 Å². The topological polar surface area (TPSA) is 88.3 Å². The Morgan fingerprint density at radius 3 is 2.78 bits per heavy atom. The van der Waals surface area contributed by atoms with E-state index in [1.165, 1.54) is 16.7 Å². The monoisotopic (exact) mass is 402 g/mol. The Hall–Kier alpha value is -2.52. The highest BCUT2D eigenvalue weighted by Crippen LogP contribution is 2.32. The largest absolute Gasteiger partial charge is 0.306 e. The molecule has 27 heavy (non-hydrogen) atoms. The van der Waals surface area contributed by atoms with Gasteiger partial charge in [-0.05, 0) is 30.1 Å². The minimum absolute atomic E-state index is 0.0975. The maximum Gasteiger partial charge on any atom is 0.266 e. The third-order valence-corrected chi connectivity index (χ3v) is 5.34. The highest BCUT2D eigenvalue weighted by molar-refractivity contribution is 8.26. The van der Waals surface area contributed by atoms with Crippen LogP contribution in [0.15, 0.2) is 33.8 Å². The van der Waals surface area contributed by atoms with Crippen LogP contribution in [-0.2, 0) is 16.0 Å². The smallest absolute Gasteiger partial charge is 0.266 e. The number of rotatable bonds is 6. The van der Waals surface area contributed by atoms with Crippen molar-refractivity contribution in [3.05, 3.63) is 46.0 Å². The van der Waals surface area contributed by atoms with Crippen molar-refractivity contribution in [3.63, 3.8) is 0 Å². The van der Waals surface area contributed by atoms with Gasteiger partial charge in [0.1, 0.15) is 10.0 Å². The summed E-state index contributed by atoms with van der Waals surface area (Å²) < 4.78 is 5.06. The van der Waals surface area contributed by atoms with E-state index >= 15 is 0 Å². The van der Waals surface area contributed by atoms with Gasteiger partial charge in [-0.1, -0.05) is 65.9 Å². The summed E-state index contributed by atoms with van der Waals surface area (Å²) in [6.07, 6.45) is 2.51. The molecule has 0 spiro atoms. The molecule has 0 atom stereocenters. The fourth-order valence-electron chi connectivity index (χ4n) is 2.45. The summed E-state index contributed by atoms with van der Waals surface area (Å²) in [6.45, 7) is 4.09. The lowest BCUT2D eigenvalue weighted by Gasteiger charge is -2.13. The number of hydrogen-bond acceptors (Lipinski definition) is 7. The van der Waals surface area contributed by atoms with Crippen molar-refractivity contribution in [1.82, 2.24) is 15.2 Å². The molecule has 0 aliphatic carbocycles. The molecule has 1 N–H and O–H groups in total. The third-order valence-electron chi connectivity index (χ3n) is 3.96. The molecule has 2 heterocycles. The Morgan fingerprint density at radius 2 is 2.07 bits per heavy atom. The molecule has 9 heteroatoms. The Balaban J connectivity index is 1.60. The Bertz CT molecular complexity index is 906. The van der Waals surface area contributed by atoms with E-state index in [4.69, 9.17) is 12.2 Å².